The lowest BCUT2D eigenvalue weighted by molar-refractivity contribution is -0.129. The summed E-state index contributed by atoms with van der Waals surface area (Å²) < 4.78 is 0. The lowest BCUT2D eigenvalue weighted by atomic mass is 10.0. The maximum atomic E-state index is 12.4. The Labute approximate surface area is 130 Å². The average molecular weight is 305 g/mol. The number of nitrogens with one attached hydrogen (secondary N) is 2. The number of hydrogen-bond donors (Lipinski definition) is 2. The highest BCUT2D eigenvalue weighted by Crippen LogP contribution is 2.15. The Hall–Kier alpha value is -2.18. The van der Waals surface area contributed by atoms with Gasteiger partial charge in [0.15, 0.2) is 0 Å². The van der Waals surface area contributed by atoms with E-state index in [0.717, 1.165) is 11.4 Å². The van der Waals surface area contributed by atoms with E-state index in [1.807, 2.05) is 33.8 Å². The fourth-order valence-corrected chi connectivity index (χ4v) is 2.69. The second-order valence-corrected chi connectivity index (χ2v) is 5.83. The van der Waals surface area contributed by atoms with Crippen LogP contribution in [0.3, 0.4) is 0 Å². The van der Waals surface area contributed by atoms with Crippen molar-refractivity contribution in [2.24, 2.45) is 0 Å². The maximum absolute atomic E-state index is 12.4. The number of carbonyl (C=O) groups excluding carboxylic acids is 2. The van der Waals surface area contributed by atoms with Crippen LogP contribution < -0.4 is 10.6 Å². The average Bonchev–Trinajstić information content (AvgIpc) is 2.42. The first kappa shape index (κ1) is 16.2. The zero-order chi connectivity index (χ0) is 16.4. The van der Waals surface area contributed by atoms with Gasteiger partial charge >= 0.3 is 6.03 Å². The summed E-state index contributed by atoms with van der Waals surface area (Å²) in [6, 6.07) is 0.960. The maximum Gasteiger partial charge on any atom is 0.318 e. The fourth-order valence-electron chi connectivity index (χ4n) is 2.69. The van der Waals surface area contributed by atoms with E-state index in [-0.39, 0.29) is 24.0 Å². The third kappa shape index (κ3) is 3.35. The topological polar surface area (TPSA) is 87.2 Å². The van der Waals surface area contributed by atoms with Crippen LogP contribution in [0.25, 0.3) is 0 Å². The van der Waals surface area contributed by atoms with E-state index in [0.29, 0.717) is 12.4 Å². The minimum atomic E-state index is -0.486. The largest absolute Gasteiger partial charge is 0.350 e. The Bertz CT molecular complexity index is 569. The molecule has 0 aromatic carbocycles. The zero-order valence-electron chi connectivity index (χ0n) is 13.7. The van der Waals surface area contributed by atoms with E-state index in [1.165, 1.54) is 0 Å². The number of nitrogens with zero attached hydrogens (tertiary/aromatic N) is 3. The van der Waals surface area contributed by atoms with Gasteiger partial charge in [-0.25, -0.2) is 14.8 Å². The van der Waals surface area contributed by atoms with Gasteiger partial charge in [0.1, 0.15) is 11.9 Å². The molecule has 2 N–H and O–H groups in total. The number of aromatic nitrogens is 2. The summed E-state index contributed by atoms with van der Waals surface area (Å²) in [5.74, 6) is 0.548. The second kappa shape index (κ2) is 6.29. The van der Waals surface area contributed by atoms with Crippen molar-refractivity contribution in [3.05, 3.63) is 23.3 Å². The molecule has 0 radical (unpaired) electrons. The molecule has 22 heavy (non-hydrogen) atoms. The van der Waals surface area contributed by atoms with Gasteiger partial charge in [-0.3, -0.25) is 4.79 Å². The summed E-state index contributed by atoms with van der Waals surface area (Å²) in [4.78, 5) is 34.4. The predicted octanol–water partition coefficient (Wildman–Crippen LogP) is 0.900. The SMILES string of the molecule is Cc1cc(CNC(=O)N2C(C)C(=O)NC(C)C2C)nc(C)n1. The molecule has 0 spiro atoms. The van der Waals surface area contributed by atoms with Crippen LogP contribution in [0, 0.1) is 13.8 Å². The molecule has 2 rings (SSSR count). The van der Waals surface area contributed by atoms with Gasteiger partial charge in [0, 0.05) is 11.7 Å². The van der Waals surface area contributed by atoms with E-state index in [9.17, 15) is 9.59 Å². The predicted molar refractivity (Wildman–Crippen MR) is 82.1 cm³/mol. The fraction of sp³-hybridized carbons (Fsp3) is 0.600. The molecule has 3 unspecified atom stereocenters. The summed E-state index contributed by atoms with van der Waals surface area (Å²) in [6.07, 6.45) is 0. The van der Waals surface area contributed by atoms with Crippen LogP contribution in [0.1, 0.15) is 38.0 Å². The van der Waals surface area contributed by atoms with Crippen LogP contribution in [0.4, 0.5) is 4.79 Å². The number of amides is 3. The molecule has 1 fully saturated rings. The van der Waals surface area contributed by atoms with E-state index < -0.39 is 6.04 Å². The van der Waals surface area contributed by atoms with E-state index in [2.05, 4.69) is 20.6 Å². The molecule has 0 saturated carbocycles. The molecule has 3 amide bonds. The van der Waals surface area contributed by atoms with Crippen LogP contribution >= 0.6 is 0 Å². The normalized spacial score (nSPS) is 24.9. The highest BCUT2D eigenvalue weighted by atomic mass is 16.2. The molecule has 1 aromatic rings. The summed E-state index contributed by atoms with van der Waals surface area (Å²) in [6.45, 7) is 9.58. The van der Waals surface area contributed by atoms with E-state index >= 15 is 0 Å². The number of aryl methyl sites for hydroxylation is 2. The Kier molecular flexibility index (Phi) is 4.63. The van der Waals surface area contributed by atoms with E-state index in [4.69, 9.17) is 0 Å². The lowest BCUT2D eigenvalue weighted by Crippen LogP contribution is -2.65. The van der Waals surface area contributed by atoms with Gasteiger partial charge in [0.05, 0.1) is 18.3 Å². The molecular formula is C15H23N5O2. The highest BCUT2D eigenvalue weighted by molar-refractivity contribution is 5.88. The van der Waals surface area contributed by atoms with Crippen molar-refractivity contribution in [2.45, 2.75) is 59.3 Å². The molecule has 1 aromatic heterocycles. The standard InChI is InChI=1S/C15H23N5O2/c1-8-6-13(19-12(5)17-8)7-16-15(22)20-10(3)9(2)18-14(21)11(20)4/h6,9-11H,7H2,1-5H3,(H,16,22)(H,18,21). The van der Waals surface area contributed by atoms with Gasteiger partial charge in [-0.05, 0) is 40.7 Å². The molecule has 1 aliphatic rings. The number of hydrogen-bond acceptors (Lipinski definition) is 4. The third-order valence-corrected chi connectivity index (χ3v) is 4.00. The first-order valence-corrected chi connectivity index (χ1v) is 7.47. The van der Waals surface area contributed by atoms with Gasteiger partial charge in [-0.1, -0.05) is 0 Å². The lowest BCUT2D eigenvalue weighted by Gasteiger charge is -2.42. The van der Waals surface area contributed by atoms with Gasteiger partial charge in [0.25, 0.3) is 0 Å². The molecule has 7 nitrogen and oxygen atoms in total. The van der Waals surface area contributed by atoms with Crippen molar-refractivity contribution < 1.29 is 9.59 Å². The molecule has 0 bridgehead atoms. The first-order valence-electron chi connectivity index (χ1n) is 7.47. The van der Waals surface area contributed by atoms with Crippen molar-refractivity contribution in [1.82, 2.24) is 25.5 Å². The van der Waals surface area contributed by atoms with Crippen LogP contribution in [0.15, 0.2) is 6.07 Å². The zero-order valence-corrected chi connectivity index (χ0v) is 13.7. The molecule has 0 aliphatic carbocycles. The van der Waals surface area contributed by atoms with E-state index in [1.54, 1.807) is 11.8 Å². The summed E-state index contributed by atoms with van der Waals surface area (Å²) in [5, 5.41) is 5.71. The second-order valence-electron chi connectivity index (χ2n) is 5.83. The van der Waals surface area contributed by atoms with Gasteiger partial charge in [-0.2, -0.15) is 0 Å². The highest BCUT2D eigenvalue weighted by Gasteiger charge is 2.38. The van der Waals surface area contributed by atoms with Crippen LogP contribution in [-0.4, -0.2) is 44.9 Å². The van der Waals surface area contributed by atoms with Crippen molar-refractivity contribution in [2.75, 3.05) is 0 Å². The van der Waals surface area contributed by atoms with Crippen molar-refractivity contribution >= 4 is 11.9 Å². The minimum absolute atomic E-state index is 0.0680. The smallest absolute Gasteiger partial charge is 0.318 e. The summed E-state index contributed by atoms with van der Waals surface area (Å²) in [5.41, 5.74) is 1.62. The molecular weight excluding hydrogens is 282 g/mol. The van der Waals surface area contributed by atoms with Crippen LogP contribution in [-0.2, 0) is 11.3 Å². The molecule has 2 heterocycles. The van der Waals surface area contributed by atoms with Crippen LogP contribution in [0.2, 0.25) is 0 Å². The molecule has 120 valence electrons. The number of urea groups is 1. The Morgan fingerprint density at radius 3 is 2.64 bits per heavy atom. The quantitative estimate of drug-likeness (QED) is 0.850. The van der Waals surface area contributed by atoms with Gasteiger partial charge in [0.2, 0.25) is 5.91 Å². The molecule has 1 aliphatic heterocycles. The Balaban J connectivity index is 2.06. The Morgan fingerprint density at radius 1 is 1.32 bits per heavy atom. The number of piperazine rings is 1. The molecule has 1 saturated heterocycles. The summed E-state index contributed by atoms with van der Waals surface area (Å²) in [7, 11) is 0. The van der Waals surface area contributed by atoms with Crippen molar-refractivity contribution in [3.63, 3.8) is 0 Å². The van der Waals surface area contributed by atoms with Crippen molar-refractivity contribution in [1.29, 1.82) is 0 Å². The van der Waals surface area contributed by atoms with Crippen LogP contribution in [0.5, 0.6) is 0 Å². The third-order valence-electron chi connectivity index (χ3n) is 4.00. The molecule has 3 atom stereocenters. The first-order chi connectivity index (χ1) is 10.3. The van der Waals surface area contributed by atoms with Crippen molar-refractivity contribution in [3.8, 4) is 0 Å². The number of rotatable bonds is 2. The number of carbonyl (C=O) groups is 2. The summed E-state index contributed by atoms with van der Waals surface area (Å²) >= 11 is 0. The monoisotopic (exact) mass is 305 g/mol. The minimum Gasteiger partial charge on any atom is -0.350 e. The van der Waals surface area contributed by atoms with Gasteiger partial charge in [-0.15, -0.1) is 0 Å². The molecule has 7 heteroatoms. The van der Waals surface area contributed by atoms with Gasteiger partial charge < -0.3 is 15.5 Å². The Morgan fingerprint density at radius 2 is 2.00 bits per heavy atom.